The van der Waals surface area contributed by atoms with Crippen molar-refractivity contribution in [2.75, 3.05) is 0 Å². The second kappa shape index (κ2) is 5.92. The van der Waals surface area contributed by atoms with Crippen LogP contribution in [0.4, 0.5) is 0 Å². The molecule has 0 saturated carbocycles. The number of hydrogen-bond donors (Lipinski definition) is 0. The van der Waals surface area contributed by atoms with E-state index in [9.17, 15) is 4.79 Å². The Bertz CT molecular complexity index is 416. The van der Waals surface area contributed by atoms with Crippen molar-refractivity contribution < 1.29 is 33.3 Å². The lowest BCUT2D eigenvalue weighted by Crippen LogP contribution is -3.00. The van der Waals surface area contributed by atoms with Crippen LogP contribution < -0.4 is 28.5 Å². The first-order valence-electron chi connectivity index (χ1n) is 4.23. The third-order valence-electron chi connectivity index (χ3n) is 1.77. The van der Waals surface area contributed by atoms with Gasteiger partial charge < -0.3 is 24.0 Å². The third-order valence-corrected chi connectivity index (χ3v) is 2.59. The van der Waals surface area contributed by atoms with Crippen LogP contribution in [0.2, 0.25) is 0 Å². The highest BCUT2D eigenvalue weighted by Crippen LogP contribution is 2.04. The molecule has 0 unspecified atom stereocenters. The average Bonchev–Trinajstić information content (AvgIpc) is 2.72. The fraction of sp³-hybridized carbons (Fsp3) is 0.100. The average molecular weight is 332 g/mol. The number of Topliss-reactive ketones (excluding diaryl/α,β-unsaturated/α-hetero) is 1. The second-order valence-corrected chi connectivity index (χ2v) is 3.70. The molecule has 2 aromatic heterocycles. The van der Waals surface area contributed by atoms with Crippen molar-refractivity contribution in [3.63, 3.8) is 0 Å². The Morgan fingerprint density at radius 2 is 2.07 bits per heavy atom. The molecule has 0 N–H and O–H groups in total. The maximum absolute atomic E-state index is 11.6. The summed E-state index contributed by atoms with van der Waals surface area (Å²) in [6, 6.07) is 5.72. The van der Waals surface area contributed by atoms with Crippen molar-refractivity contribution in [1.29, 1.82) is 0 Å². The van der Waals surface area contributed by atoms with Gasteiger partial charge in [0.25, 0.3) is 5.78 Å². The quantitative estimate of drug-likeness (QED) is 0.382. The molecular weight excluding hydrogens is 323 g/mol. The van der Waals surface area contributed by atoms with E-state index in [-0.39, 0.29) is 29.8 Å². The molecule has 0 fully saturated rings. The van der Waals surface area contributed by atoms with Gasteiger partial charge in [-0.05, 0) is 0 Å². The molecule has 0 aliphatic heterocycles. The normalized spacial score (nSPS) is 9.33. The molecule has 0 amide bonds. The minimum absolute atomic E-state index is 0. The predicted octanol–water partition coefficient (Wildman–Crippen LogP) is -1.68. The molecule has 0 bridgehead atoms. The molecule has 0 saturated heterocycles. The Morgan fingerprint density at radius 3 is 2.67 bits per heavy atom. The molecule has 0 atom stereocenters. The molecule has 2 heterocycles. The largest absolute Gasteiger partial charge is 1.00 e. The van der Waals surface area contributed by atoms with Gasteiger partial charge in [0.1, 0.15) is 0 Å². The first-order chi connectivity index (χ1) is 6.86. The highest BCUT2D eigenvalue weighted by atomic mass is 127. The molecule has 15 heavy (non-hydrogen) atoms. The Hall–Kier alpha value is -0.820. The Kier molecular flexibility index (Phi) is 4.83. The number of thiazole rings is 1. The van der Waals surface area contributed by atoms with Gasteiger partial charge in [-0.25, -0.2) is 4.98 Å². The highest BCUT2D eigenvalue weighted by molar-refractivity contribution is 7.11. The lowest BCUT2D eigenvalue weighted by molar-refractivity contribution is -0.683. The molecule has 0 aliphatic carbocycles. The molecule has 0 spiro atoms. The summed E-state index contributed by atoms with van der Waals surface area (Å²) in [6.45, 7) is 0.356. The molecule has 0 aliphatic rings. The molecule has 0 radical (unpaired) electrons. The molecule has 0 aromatic carbocycles. The second-order valence-electron chi connectivity index (χ2n) is 2.81. The number of ketones is 1. The van der Waals surface area contributed by atoms with E-state index >= 15 is 0 Å². The van der Waals surface area contributed by atoms with Gasteiger partial charge in [-0.3, -0.25) is 4.79 Å². The number of carbonyl (C=O) groups is 1. The van der Waals surface area contributed by atoms with Crippen LogP contribution >= 0.6 is 11.3 Å². The number of nitrogens with zero attached hydrogens (tertiary/aromatic N) is 2. The van der Waals surface area contributed by atoms with E-state index in [1.165, 1.54) is 11.3 Å². The minimum Gasteiger partial charge on any atom is -1.00 e. The monoisotopic (exact) mass is 332 g/mol. The van der Waals surface area contributed by atoms with Crippen LogP contribution in [-0.4, -0.2) is 10.8 Å². The summed E-state index contributed by atoms with van der Waals surface area (Å²) in [6.07, 6.45) is 5.38. The van der Waals surface area contributed by atoms with Gasteiger partial charge in [0.2, 0.25) is 6.54 Å². The lowest BCUT2D eigenvalue weighted by Gasteiger charge is -1.92. The number of rotatable bonds is 3. The van der Waals surface area contributed by atoms with Crippen LogP contribution in [0.15, 0.2) is 42.2 Å². The fourth-order valence-electron chi connectivity index (χ4n) is 1.13. The molecule has 2 rings (SSSR count). The molecule has 2 aromatic rings. The molecule has 78 valence electrons. The number of pyridine rings is 1. The maximum atomic E-state index is 11.6. The summed E-state index contributed by atoms with van der Waals surface area (Å²) < 4.78 is 1.84. The number of carbonyl (C=O) groups excluding carboxylic acids is 1. The number of halogens is 1. The predicted molar refractivity (Wildman–Crippen MR) is 53.1 cm³/mol. The zero-order valence-electron chi connectivity index (χ0n) is 7.84. The van der Waals surface area contributed by atoms with E-state index in [1.54, 1.807) is 6.20 Å². The van der Waals surface area contributed by atoms with E-state index < -0.39 is 0 Å². The van der Waals surface area contributed by atoms with E-state index in [1.807, 2.05) is 40.5 Å². The van der Waals surface area contributed by atoms with E-state index in [0.29, 0.717) is 11.6 Å². The Balaban J connectivity index is 0.00000112. The summed E-state index contributed by atoms with van der Waals surface area (Å²) in [5.74, 6) is 0.0520. The van der Waals surface area contributed by atoms with Crippen molar-refractivity contribution in [1.82, 2.24) is 4.98 Å². The lowest BCUT2D eigenvalue weighted by atomic mass is 10.4. The van der Waals surface area contributed by atoms with Crippen molar-refractivity contribution in [2.45, 2.75) is 6.54 Å². The minimum atomic E-state index is 0. The smallest absolute Gasteiger partial charge is 0.255 e. The van der Waals surface area contributed by atoms with Gasteiger partial charge in [-0.15, -0.1) is 11.3 Å². The molecular formula is C10H9IN2OS. The SMILES string of the molecule is O=C(C[n+]1ccccc1)c1nccs1.[I-]. The summed E-state index contributed by atoms with van der Waals surface area (Å²) in [4.78, 5) is 15.6. The van der Waals surface area contributed by atoms with Crippen LogP contribution in [0.3, 0.4) is 0 Å². The van der Waals surface area contributed by atoms with Crippen LogP contribution in [0.5, 0.6) is 0 Å². The van der Waals surface area contributed by atoms with Crippen LogP contribution in [0.1, 0.15) is 9.80 Å². The highest BCUT2D eigenvalue weighted by Gasteiger charge is 2.13. The summed E-state index contributed by atoms with van der Waals surface area (Å²) in [5.41, 5.74) is 0. The number of hydrogen-bond acceptors (Lipinski definition) is 3. The van der Waals surface area contributed by atoms with Gasteiger partial charge in [-0.1, -0.05) is 6.07 Å². The zero-order chi connectivity index (χ0) is 9.80. The third kappa shape index (κ3) is 3.35. The van der Waals surface area contributed by atoms with Gasteiger partial charge in [-0.2, -0.15) is 4.57 Å². The van der Waals surface area contributed by atoms with E-state index in [4.69, 9.17) is 0 Å². The van der Waals surface area contributed by atoms with E-state index in [2.05, 4.69) is 4.98 Å². The zero-order valence-corrected chi connectivity index (χ0v) is 10.8. The standard InChI is InChI=1S/C10H9N2OS.HI/c13-9(10-11-4-7-14-10)8-12-5-2-1-3-6-12;/h1-7H,8H2;1H/q+1;/p-1. The molecule has 3 nitrogen and oxygen atoms in total. The first-order valence-corrected chi connectivity index (χ1v) is 5.11. The van der Waals surface area contributed by atoms with Gasteiger partial charge >= 0.3 is 0 Å². The Morgan fingerprint density at radius 1 is 1.33 bits per heavy atom. The topological polar surface area (TPSA) is 33.8 Å². The van der Waals surface area contributed by atoms with Crippen molar-refractivity contribution in [3.05, 3.63) is 47.2 Å². The summed E-state index contributed by atoms with van der Waals surface area (Å²) >= 11 is 1.38. The molecule has 5 heteroatoms. The van der Waals surface area contributed by atoms with Gasteiger partial charge in [0, 0.05) is 23.7 Å². The Labute approximate surface area is 109 Å². The van der Waals surface area contributed by atoms with Crippen molar-refractivity contribution >= 4 is 17.1 Å². The first kappa shape index (κ1) is 12.3. The van der Waals surface area contributed by atoms with Crippen LogP contribution in [-0.2, 0) is 6.54 Å². The van der Waals surface area contributed by atoms with Crippen molar-refractivity contribution in [2.24, 2.45) is 0 Å². The van der Waals surface area contributed by atoms with Crippen LogP contribution in [0, 0.1) is 0 Å². The van der Waals surface area contributed by atoms with Gasteiger partial charge in [0.15, 0.2) is 17.4 Å². The van der Waals surface area contributed by atoms with Gasteiger partial charge in [0.05, 0.1) is 0 Å². The van der Waals surface area contributed by atoms with E-state index in [0.717, 1.165) is 0 Å². The van der Waals surface area contributed by atoms with Crippen molar-refractivity contribution in [3.8, 4) is 0 Å². The summed E-state index contributed by atoms with van der Waals surface area (Å²) in [7, 11) is 0. The fourth-order valence-corrected chi connectivity index (χ4v) is 1.70. The summed E-state index contributed by atoms with van der Waals surface area (Å²) in [5, 5.41) is 2.38. The number of aromatic nitrogens is 2. The van der Waals surface area contributed by atoms with Crippen LogP contribution in [0.25, 0.3) is 0 Å². The maximum Gasteiger partial charge on any atom is 0.255 e.